The van der Waals surface area contributed by atoms with Gasteiger partial charge in [-0.3, -0.25) is 0 Å². The van der Waals surface area contributed by atoms with Gasteiger partial charge in [0.1, 0.15) is 0 Å². The van der Waals surface area contributed by atoms with E-state index in [0.717, 1.165) is 16.5 Å². The highest BCUT2D eigenvalue weighted by Crippen LogP contribution is 2.36. The Balaban J connectivity index is 2.94. The SMILES string of the molecule is CC(C)c1cn(C)c2c(C(C)(C)C)cc(C(=O)O)cc12. The number of carbonyl (C=O) groups is 1. The maximum atomic E-state index is 11.4. The minimum Gasteiger partial charge on any atom is -0.478 e. The van der Waals surface area contributed by atoms with Gasteiger partial charge in [0.15, 0.2) is 0 Å². The Morgan fingerprint density at radius 3 is 2.30 bits per heavy atom. The topological polar surface area (TPSA) is 42.2 Å². The number of hydrogen-bond acceptors (Lipinski definition) is 1. The summed E-state index contributed by atoms with van der Waals surface area (Å²) in [5, 5.41) is 10.4. The van der Waals surface area contributed by atoms with Crippen LogP contribution in [0, 0.1) is 0 Å². The van der Waals surface area contributed by atoms with E-state index in [1.165, 1.54) is 5.56 Å². The van der Waals surface area contributed by atoms with E-state index in [4.69, 9.17) is 0 Å². The van der Waals surface area contributed by atoms with Crippen molar-refractivity contribution in [3.63, 3.8) is 0 Å². The molecule has 108 valence electrons. The van der Waals surface area contributed by atoms with Crippen molar-refractivity contribution in [2.75, 3.05) is 0 Å². The fourth-order valence-electron chi connectivity index (χ4n) is 2.73. The molecule has 0 atom stereocenters. The van der Waals surface area contributed by atoms with Gasteiger partial charge in [-0.05, 0) is 34.6 Å². The van der Waals surface area contributed by atoms with Gasteiger partial charge in [-0.15, -0.1) is 0 Å². The molecule has 1 aromatic carbocycles. The zero-order chi connectivity index (χ0) is 15.2. The van der Waals surface area contributed by atoms with Crippen LogP contribution in [-0.2, 0) is 12.5 Å². The molecule has 0 fully saturated rings. The summed E-state index contributed by atoms with van der Waals surface area (Å²) < 4.78 is 2.12. The number of carboxylic acids is 1. The number of aromatic carboxylic acids is 1. The molecule has 2 aromatic rings. The summed E-state index contributed by atoms with van der Waals surface area (Å²) in [5.74, 6) is -0.494. The summed E-state index contributed by atoms with van der Waals surface area (Å²) in [4.78, 5) is 11.4. The van der Waals surface area contributed by atoms with Crippen molar-refractivity contribution in [1.82, 2.24) is 4.57 Å². The highest BCUT2D eigenvalue weighted by molar-refractivity contribution is 5.97. The second-order valence-electron chi connectivity index (χ2n) is 6.83. The van der Waals surface area contributed by atoms with Crippen LogP contribution < -0.4 is 0 Å². The first-order valence-electron chi connectivity index (χ1n) is 6.99. The van der Waals surface area contributed by atoms with Crippen LogP contribution in [0.2, 0.25) is 0 Å². The fraction of sp³-hybridized carbons (Fsp3) is 0.471. The fourth-order valence-corrected chi connectivity index (χ4v) is 2.73. The average Bonchev–Trinajstić information content (AvgIpc) is 2.64. The van der Waals surface area contributed by atoms with Gasteiger partial charge in [-0.1, -0.05) is 34.6 Å². The number of carboxylic acid groups (broad SMARTS) is 1. The third-order valence-corrected chi connectivity index (χ3v) is 3.78. The Morgan fingerprint density at radius 1 is 1.25 bits per heavy atom. The molecule has 0 bridgehead atoms. The first-order chi connectivity index (χ1) is 9.12. The number of rotatable bonds is 2. The van der Waals surface area contributed by atoms with E-state index in [9.17, 15) is 9.90 Å². The number of hydrogen-bond donors (Lipinski definition) is 1. The standard InChI is InChI=1S/C17H23NO2/c1-10(2)13-9-18(6)15-12(13)7-11(16(19)20)8-14(15)17(3,4)5/h7-10H,1-6H3,(H,19,20). The number of benzene rings is 1. The van der Waals surface area contributed by atoms with Crippen LogP contribution in [0.15, 0.2) is 18.3 Å². The smallest absolute Gasteiger partial charge is 0.335 e. The lowest BCUT2D eigenvalue weighted by Crippen LogP contribution is -2.14. The van der Waals surface area contributed by atoms with Crippen LogP contribution >= 0.6 is 0 Å². The summed E-state index contributed by atoms with van der Waals surface area (Å²) in [6.07, 6.45) is 2.12. The lowest BCUT2D eigenvalue weighted by Gasteiger charge is -2.22. The third-order valence-electron chi connectivity index (χ3n) is 3.78. The zero-order valence-corrected chi connectivity index (χ0v) is 13.1. The van der Waals surface area contributed by atoms with E-state index in [-0.39, 0.29) is 5.41 Å². The Bertz CT molecular complexity index is 672. The molecule has 0 spiro atoms. The van der Waals surface area contributed by atoms with Gasteiger partial charge in [-0.25, -0.2) is 4.79 Å². The molecular formula is C17H23NO2. The summed E-state index contributed by atoms with van der Waals surface area (Å²) in [6, 6.07) is 3.62. The second-order valence-corrected chi connectivity index (χ2v) is 6.83. The molecule has 20 heavy (non-hydrogen) atoms. The van der Waals surface area contributed by atoms with Crippen molar-refractivity contribution >= 4 is 16.9 Å². The number of fused-ring (bicyclic) bond motifs is 1. The van der Waals surface area contributed by atoms with E-state index in [1.807, 2.05) is 19.2 Å². The molecule has 1 aromatic heterocycles. The molecule has 0 aliphatic rings. The molecule has 0 aliphatic heterocycles. The first kappa shape index (κ1) is 14.6. The van der Waals surface area contributed by atoms with E-state index in [2.05, 4.69) is 45.4 Å². The predicted molar refractivity (Wildman–Crippen MR) is 82.7 cm³/mol. The van der Waals surface area contributed by atoms with Crippen molar-refractivity contribution in [2.45, 2.75) is 46.0 Å². The first-order valence-corrected chi connectivity index (χ1v) is 6.99. The van der Waals surface area contributed by atoms with Crippen LogP contribution in [0.25, 0.3) is 10.9 Å². The maximum Gasteiger partial charge on any atom is 0.335 e. The Morgan fingerprint density at radius 2 is 1.85 bits per heavy atom. The summed E-state index contributed by atoms with van der Waals surface area (Å²) in [6.45, 7) is 10.6. The van der Waals surface area contributed by atoms with E-state index in [1.54, 1.807) is 0 Å². The lowest BCUT2D eigenvalue weighted by molar-refractivity contribution is 0.0697. The van der Waals surface area contributed by atoms with Crippen LogP contribution in [-0.4, -0.2) is 15.6 Å². The van der Waals surface area contributed by atoms with Crippen LogP contribution in [0.4, 0.5) is 0 Å². The van der Waals surface area contributed by atoms with Gasteiger partial charge in [-0.2, -0.15) is 0 Å². The Kier molecular flexibility index (Phi) is 3.41. The highest BCUT2D eigenvalue weighted by Gasteiger charge is 2.23. The number of nitrogens with zero attached hydrogens (tertiary/aromatic N) is 1. The normalized spacial score (nSPS) is 12.3. The minimum atomic E-state index is -0.865. The second kappa shape index (κ2) is 4.65. The Hall–Kier alpha value is -1.77. The predicted octanol–water partition coefficient (Wildman–Crippen LogP) is 4.30. The number of aryl methyl sites for hydroxylation is 1. The van der Waals surface area contributed by atoms with E-state index < -0.39 is 5.97 Å². The van der Waals surface area contributed by atoms with Crippen LogP contribution in [0.3, 0.4) is 0 Å². The minimum absolute atomic E-state index is 0.0932. The van der Waals surface area contributed by atoms with Crippen LogP contribution in [0.5, 0.6) is 0 Å². The van der Waals surface area contributed by atoms with Crippen molar-refractivity contribution in [3.05, 3.63) is 35.0 Å². The molecule has 0 saturated heterocycles. The molecule has 0 unspecified atom stereocenters. The molecule has 3 nitrogen and oxygen atoms in total. The van der Waals surface area contributed by atoms with Gasteiger partial charge in [0.2, 0.25) is 0 Å². The van der Waals surface area contributed by atoms with Gasteiger partial charge in [0.05, 0.1) is 11.1 Å². The molecule has 0 amide bonds. The Labute approximate surface area is 120 Å². The van der Waals surface area contributed by atoms with Gasteiger partial charge >= 0.3 is 5.97 Å². The molecule has 3 heteroatoms. The van der Waals surface area contributed by atoms with E-state index >= 15 is 0 Å². The molecule has 2 rings (SSSR count). The average molecular weight is 273 g/mol. The third kappa shape index (κ3) is 2.33. The molecule has 0 saturated carbocycles. The monoisotopic (exact) mass is 273 g/mol. The molecule has 0 radical (unpaired) electrons. The summed E-state index contributed by atoms with van der Waals surface area (Å²) >= 11 is 0. The quantitative estimate of drug-likeness (QED) is 0.886. The molecule has 1 N–H and O–H groups in total. The highest BCUT2D eigenvalue weighted by atomic mass is 16.4. The summed E-state index contributed by atoms with van der Waals surface area (Å²) in [7, 11) is 2.03. The zero-order valence-electron chi connectivity index (χ0n) is 13.1. The van der Waals surface area contributed by atoms with Crippen molar-refractivity contribution in [2.24, 2.45) is 7.05 Å². The van der Waals surface area contributed by atoms with Crippen molar-refractivity contribution in [3.8, 4) is 0 Å². The molecule has 1 heterocycles. The van der Waals surface area contributed by atoms with Gasteiger partial charge in [0.25, 0.3) is 0 Å². The largest absolute Gasteiger partial charge is 0.478 e. The summed E-state index contributed by atoms with van der Waals surface area (Å²) in [5.41, 5.74) is 3.71. The van der Waals surface area contributed by atoms with E-state index in [0.29, 0.717) is 11.5 Å². The maximum absolute atomic E-state index is 11.4. The van der Waals surface area contributed by atoms with Gasteiger partial charge < -0.3 is 9.67 Å². The van der Waals surface area contributed by atoms with Crippen LogP contribution in [0.1, 0.15) is 62.0 Å². The number of aromatic nitrogens is 1. The molecule has 0 aliphatic carbocycles. The van der Waals surface area contributed by atoms with Crippen molar-refractivity contribution in [1.29, 1.82) is 0 Å². The molecular weight excluding hydrogens is 250 g/mol. The lowest BCUT2D eigenvalue weighted by atomic mass is 9.84. The van der Waals surface area contributed by atoms with Crippen molar-refractivity contribution < 1.29 is 9.90 Å². The van der Waals surface area contributed by atoms with Gasteiger partial charge in [0, 0.05) is 18.6 Å².